The average Bonchev–Trinajstić information content (AvgIpc) is 2.66. The zero-order valence-electron chi connectivity index (χ0n) is 9.69. The number of aldehydes is 1. The van der Waals surface area contributed by atoms with Gasteiger partial charge in [-0.05, 0) is 19.3 Å². The van der Waals surface area contributed by atoms with Crippen LogP contribution in [0.4, 0.5) is 5.13 Å². The molecule has 0 amide bonds. The fourth-order valence-corrected chi connectivity index (χ4v) is 3.15. The summed E-state index contributed by atoms with van der Waals surface area (Å²) in [5.41, 5.74) is 0. The molecule has 1 aliphatic rings. The summed E-state index contributed by atoms with van der Waals surface area (Å²) in [6, 6.07) is 0.605. The van der Waals surface area contributed by atoms with Gasteiger partial charge in [0, 0.05) is 12.6 Å². The summed E-state index contributed by atoms with van der Waals surface area (Å²) in [6.45, 7) is 3.32. The molecular weight excluding hydrogens is 220 g/mol. The minimum atomic E-state index is 0.605. The fraction of sp³-hybridized carbons (Fsp3) is 0.667. The zero-order valence-corrected chi connectivity index (χ0v) is 10.5. The number of carbonyl (C=O) groups is 1. The van der Waals surface area contributed by atoms with Crippen LogP contribution in [0.1, 0.15) is 48.7 Å². The Kier molecular flexibility index (Phi) is 3.93. The maximum absolute atomic E-state index is 10.7. The van der Waals surface area contributed by atoms with E-state index in [0.717, 1.165) is 29.3 Å². The second-order valence-electron chi connectivity index (χ2n) is 4.27. The van der Waals surface area contributed by atoms with Gasteiger partial charge in [0.05, 0.1) is 11.1 Å². The van der Waals surface area contributed by atoms with Gasteiger partial charge >= 0.3 is 0 Å². The smallest absolute Gasteiger partial charge is 0.186 e. The highest BCUT2D eigenvalue weighted by molar-refractivity contribution is 7.17. The molecular formula is C12H18N2OS. The van der Waals surface area contributed by atoms with Crippen molar-refractivity contribution < 1.29 is 4.79 Å². The molecule has 88 valence electrons. The van der Waals surface area contributed by atoms with Crippen molar-refractivity contribution in [2.45, 2.75) is 45.1 Å². The molecule has 0 aromatic carbocycles. The van der Waals surface area contributed by atoms with Crippen LogP contribution in [0.25, 0.3) is 0 Å². The summed E-state index contributed by atoms with van der Waals surface area (Å²) < 4.78 is 0. The first-order valence-corrected chi connectivity index (χ1v) is 6.84. The number of carbonyl (C=O) groups excluding carboxylic acids is 1. The highest BCUT2D eigenvalue weighted by Crippen LogP contribution is 2.28. The molecule has 0 saturated carbocycles. The first-order chi connectivity index (χ1) is 7.85. The van der Waals surface area contributed by atoms with Gasteiger partial charge < -0.3 is 4.90 Å². The Morgan fingerprint density at radius 1 is 1.56 bits per heavy atom. The Hall–Kier alpha value is -0.900. The Labute approximate surface area is 100 Å². The third-order valence-corrected chi connectivity index (χ3v) is 4.18. The number of anilines is 1. The van der Waals surface area contributed by atoms with Crippen molar-refractivity contribution in [3.63, 3.8) is 0 Å². The third kappa shape index (κ3) is 2.43. The zero-order chi connectivity index (χ0) is 11.4. The monoisotopic (exact) mass is 238 g/mol. The molecule has 0 radical (unpaired) electrons. The molecule has 1 aromatic rings. The van der Waals surface area contributed by atoms with Crippen LogP contribution in [0, 0.1) is 0 Å². The van der Waals surface area contributed by atoms with Crippen LogP contribution in [0.2, 0.25) is 0 Å². The molecule has 1 saturated heterocycles. The Morgan fingerprint density at radius 3 is 3.12 bits per heavy atom. The van der Waals surface area contributed by atoms with E-state index >= 15 is 0 Å². The predicted molar refractivity (Wildman–Crippen MR) is 67.4 cm³/mol. The molecule has 0 aliphatic carbocycles. The van der Waals surface area contributed by atoms with Gasteiger partial charge in [-0.25, -0.2) is 4.98 Å². The molecule has 1 aromatic heterocycles. The normalized spacial score (nSPS) is 21.8. The van der Waals surface area contributed by atoms with Crippen molar-refractivity contribution in [3.8, 4) is 0 Å². The van der Waals surface area contributed by atoms with Gasteiger partial charge in [-0.15, -0.1) is 0 Å². The van der Waals surface area contributed by atoms with Crippen LogP contribution in [-0.2, 0) is 0 Å². The van der Waals surface area contributed by atoms with E-state index in [1.165, 1.54) is 37.0 Å². The lowest BCUT2D eigenvalue weighted by Crippen LogP contribution is -2.34. The van der Waals surface area contributed by atoms with E-state index in [9.17, 15) is 4.79 Å². The molecule has 16 heavy (non-hydrogen) atoms. The predicted octanol–water partition coefficient (Wildman–Crippen LogP) is 3.11. The van der Waals surface area contributed by atoms with Gasteiger partial charge in [0.1, 0.15) is 0 Å². The van der Waals surface area contributed by atoms with Gasteiger partial charge in [0.15, 0.2) is 11.4 Å². The average molecular weight is 238 g/mol. The topological polar surface area (TPSA) is 33.2 Å². The van der Waals surface area contributed by atoms with Crippen LogP contribution < -0.4 is 4.90 Å². The van der Waals surface area contributed by atoms with Crippen molar-refractivity contribution in [1.82, 2.24) is 4.98 Å². The van der Waals surface area contributed by atoms with Crippen molar-refractivity contribution in [2.75, 3.05) is 11.4 Å². The van der Waals surface area contributed by atoms with E-state index < -0.39 is 0 Å². The van der Waals surface area contributed by atoms with Crippen LogP contribution in [0.5, 0.6) is 0 Å². The van der Waals surface area contributed by atoms with Crippen molar-refractivity contribution in [2.24, 2.45) is 0 Å². The molecule has 0 spiro atoms. The standard InChI is InChI=1S/C12H18N2OS/c1-2-10-6-4-3-5-7-14(10)12-13-8-11(9-15)16-12/h8-10H,2-7H2,1H3. The van der Waals surface area contributed by atoms with Gasteiger partial charge in [-0.1, -0.05) is 31.1 Å². The van der Waals surface area contributed by atoms with Gasteiger partial charge in [0.25, 0.3) is 0 Å². The number of rotatable bonds is 3. The molecule has 1 unspecified atom stereocenters. The highest BCUT2D eigenvalue weighted by Gasteiger charge is 2.21. The third-order valence-electron chi connectivity index (χ3n) is 3.22. The summed E-state index contributed by atoms with van der Waals surface area (Å²) in [4.78, 5) is 18.2. The minimum Gasteiger partial charge on any atom is -0.345 e. The highest BCUT2D eigenvalue weighted by atomic mass is 32.1. The van der Waals surface area contributed by atoms with Crippen molar-refractivity contribution in [1.29, 1.82) is 0 Å². The molecule has 2 rings (SSSR count). The second-order valence-corrected chi connectivity index (χ2v) is 5.31. The quantitative estimate of drug-likeness (QED) is 0.759. The minimum absolute atomic E-state index is 0.605. The van der Waals surface area contributed by atoms with E-state index in [-0.39, 0.29) is 0 Å². The lowest BCUT2D eigenvalue weighted by atomic mass is 10.1. The summed E-state index contributed by atoms with van der Waals surface area (Å²) >= 11 is 1.51. The van der Waals surface area contributed by atoms with Gasteiger partial charge in [-0.2, -0.15) is 0 Å². The number of aromatic nitrogens is 1. The number of hydrogen-bond acceptors (Lipinski definition) is 4. The van der Waals surface area contributed by atoms with Crippen LogP contribution in [0.15, 0.2) is 6.20 Å². The van der Waals surface area contributed by atoms with Crippen molar-refractivity contribution in [3.05, 3.63) is 11.1 Å². The van der Waals surface area contributed by atoms with Crippen LogP contribution in [0.3, 0.4) is 0 Å². The second kappa shape index (κ2) is 5.43. The first-order valence-electron chi connectivity index (χ1n) is 6.02. The van der Waals surface area contributed by atoms with Crippen LogP contribution >= 0.6 is 11.3 Å². The first kappa shape index (κ1) is 11.6. The summed E-state index contributed by atoms with van der Waals surface area (Å²) in [6.07, 6.45) is 8.87. The molecule has 0 bridgehead atoms. The molecule has 1 fully saturated rings. The lowest BCUT2D eigenvalue weighted by molar-refractivity contribution is 0.112. The number of hydrogen-bond donors (Lipinski definition) is 0. The number of thiazole rings is 1. The molecule has 0 N–H and O–H groups in total. The van der Waals surface area contributed by atoms with E-state index in [2.05, 4.69) is 16.8 Å². The Morgan fingerprint density at radius 2 is 2.44 bits per heavy atom. The van der Waals surface area contributed by atoms with E-state index in [1.54, 1.807) is 6.20 Å². The Balaban J connectivity index is 2.17. The molecule has 1 aliphatic heterocycles. The maximum atomic E-state index is 10.7. The molecule has 2 heterocycles. The fourth-order valence-electron chi connectivity index (χ4n) is 2.32. The summed E-state index contributed by atoms with van der Waals surface area (Å²) in [5, 5.41) is 1.02. The van der Waals surface area contributed by atoms with Gasteiger partial charge in [0.2, 0.25) is 0 Å². The maximum Gasteiger partial charge on any atom is 0.186 e. The van der Waals surface area contributed by atoms with Gasteiger partial charge in [-0.3, -0.25) is 4.79 Å². The Bertz CT molecular complexity index is 351. The lowest BCUT2D eigenvalue weighted by Gasteiger charge is -2.28. The SMILES string of the molecule is CCC1CCCCCN1c1ncc(C=O)s1. The molecule has 3 nitrogen and oxygen atoms in total. The van der Waals surface area contributed by atoms with Crippen molar-refractivity contribution >= 4 is 22.8 Å². The van der Waals surface area contributed by atoms with E-state index in [4.69, 9.17) is 0 Å². The largest absolute Gasteiger partial charge is 0.345 e. The number of nitrogens with zero attached hydrogens (tertiary/aromatic N) is 2. The molecule has 4 heteroatoms. The molecule has 1 atom stereocenters. The van der Waals surface area contributed by atoms with E-state index in [0.29, 0.717) is 6.04 Å². The summed E-state index contributed by atoms with van der Waals surface area (Å²) in [5.74, 6) is 0. The summed E-state index contributed by atoms with van der Waals surface area (Å²) in [7, 11) is 0. The van der Waals surface area contributed by atoms with E-state index in [1.807, 2.05) is 0 Å². The van der Waals surface area contributed by atoms with Crippen LogP contribution in [-0.4, -0.2) is 23.9 Å².